The highest BCUT2D eigenvalue weighted by atomic mass is 16.5. The molecule has 7 heteroatoms. The predicted octanol–water partition coefficient (Wildman–Crippen LogP) is 3.89. The Kier molecular flexibility index (Phi) is 6.77. The molecule has 31 heavy (non-hydrogen) atoms. The molecule has 3 aromatic rings. The Labute approximate surface area is 180 Å². The van der Waals surface area contributed by atoms with E-state index in [0.717, 1.165) is 22.6 Å². The molecule has 7 nitrogen and oxygen atoms in total. The highest BCUT2D eigenvalue weighted by molar-refractivity contribution is 5.99. The lowest BCUT2D eigenvalue weighted by Gasteiger charge is -2.05. The number of aryl methyl sites for hydroxylation is 1. The molecule has 0 unspecified atom stereocenters. The second kappa shape index (κ2) is 9.67. The van der Waals surface area contributed by atoms with Gasteiger partial charge in [-0.3, -0.25) is 9.59 Å². The number of ether oxygens (including phenoxy) is 1. The van der Waals surface area contributed by atoms with Crippen LogP contribution in [0.15, 0.2) is 60.7 Å². The molecule has 0 spiro atoms. The van der Waals surface area contributed by atoms with Gasteiger partial charge in [0.1, 0.15) is 0 Å². The van der Waals surface area contributed by atoms with E-state index in [0.29, 0.717) is 11.3 Å². The number of ketones is 1. The van der Waals surface area contributed by atoms with E-state index in [9.17, 15) is 14.4 Å². The molecule has 1 N–H and O–H groups in total. The monoisotopic (exact) mass is 417 g/mol. The van der Waals surface area contributed by atoms with Crippen LogP contribution in [-0.4, -0.2) is 34.0 Å². The number of aromatic nitrogens is 2. The van der Waals surface area contributed by atoms with Gasteiger partial charge in [-0.25, -0.2) is 9.48 Å². The zero-order valence-electron chi connectivity index (χ0n) is 17.6. The number of nitrogens with one attached hydrogen (secondary N) is 1. The third kappa shape index (κ3) is 5.54. The third-order valence-corrected chi connectivity index (χ3v) is 4.61. The van der Waals surface area contributed by atoms with Gasteiger partial charge in [0.15, 0.2) is 12.4 Å². The summed E-state index contributed by atoms with van der Waals surface area (Å²) >= 11 is 0. The first-order valence-corrected chi connectivity index (χ1v) is 9.72. The van der Waals surface area contributed by atoms with E-state index in [4.69, 9.17) is 4.74 Å². The van der Waals surface area contributed by atoms with Crippen molar-refractivity contribution in [2.45, 2.75) is 20.8 Å². The minimum atomic E-state index is -0.616. The molecular weight excluding hydrogens is 394 g/mol. The Hall–Kier alpha value is -4.00. The lowest BCUT2D eigenvalue weighted by Crippen LogP contribution is -2.13. The molecule has 0 aliphatic carbocycles. The summed E-state index contributed by atoms with van der Waals surface area (Å²) in [4.78, 5) is 35.4. The van der Waals surface area contributed by atoms with Gasteiger partial charge in [-0.05, 0) is 56.3 Å². The summed E-state index contributed by atoms with van der Waals surface area (Å²) in [6.07, 6.45) is 2.94. The summed E-state index contributed by atoms with van der Waals surface area (Å²) in [6, 6.07) is 16.1. The SMILES string of the molecule is CC(=O)Nc1ccc(C(=O)COC(=O)/C=C/c2c(C)nn(-c3ccccc3)c2C)cc1. The average Bonchev–Trinajstić information content (AvgIpc) is 3.04. The quantitative estimate of drug-likeness (QED) is 0.358. The van der Waals surface area contributed by atoms with E-state index < -0.39 is 5.97 Å². The number of para-hydroxylation sites is 1. The minimum absolute atomic E-state index is 0.195. The molecule has 0 radical (unpaired) electrons. The standard InChI is InChI=1S/C24H23N3O4/c1-16-22(17(2)27(26-16)21-7-5-4-6-8-21)13-14-24(30)31-15-23(29)19-9-11-20(12-10-19)25-18(3)28/h4-14H,15H2,1-3H3,(H,25,28)/b14-13+. The van der Waals surface area contributed by atoms with Gasteiger partial charge in [0.25, 0.3) is 0 Å². The van der Waals surface area contributed by atoms with Crippen molar-refractivity contribution in [1.29, 1.82) is 0 Å². The van der Waals surface area contributed by atoms with Crippen molar-refractivity contribution < 1.29 is 19.1 Å². The molecule has 1 heterocycles. The molecule has 0 saturated carbocycles. The van der Waals surface area contributed by atoms with E-state index in [1.54, 1.807) is 30.3 Å². The van der Waals surface area contributed by atoms with Crippen LogP contribution in [0.3, 0.4) is 0 Å². The highest BCUT2D eigenvalue weighted by Crippen LogP contribution is 2.19. The molecule has 3 rings (SSSR count). The maximum absolute atomic E-state index is 12.2. The average molecular weight is 417 g/mol. The molecule has 2 aromatic carbocycles. The first-order chi connectivity index (χ1) is 14.8. The van der Waals surface area contributed by atoms with Crippen LogP contribution in [0.1, 0.15) is 34.2 Å². The summed E-state index contributed by atoms with van der Waals surface area (Å²) in [7, 11) is 0. The minimum Gasteiger partial charge on any atom is -0.454 e. The van der Waals surface area contributed by atoms with Crippen molar-refractivity contribution in [1.82, 2.24) is 9.78 Å². The zero-order valence-corrected chi connectivity index (χ0v) is 17.6. The molecule has 158 valence electrons. The highest BCUT2D eigenvalue weighted by Gasteiger charge is 2.12. The number of nitrogens with zero attached hydrogens (tertiary/aromatic N) is 2. The number of benzene rings is 2. The van der Waals surface area contributed by atoms with Crippen LogP contribution in [0.2, 0.25) is 0 Å². The number of hydrogen-bond donors (Lipinski definition) is 1. The smallest absolute Gasteiger partial charge is 0.331 e. The number of anilines is 1. The van der Waals surface area contributed by atoms with Gasteiger partial charge >= 0.3 is 5.97 Å². The summed E-state index contributed by atoms with van der Waals surface area (Å²) < 4.78 is 6.89. The Morgan fingerprint density at radius 2 is 1.71 bits per heavy atom. The normalized spacial score (nSPS) is 10.8. The molecule has 0 aliphatic heterocycles. The van der Waals surface area contributed by atoms with Crippen molar-refractivity contribution in [3.8, 4) is 5.69 Å². The van der Waals surface area contributed by atoms with Crippen molar-refractivity contribution in [2.24, 2.45) is 0 Å². The molecule has 1 amide bonds. The van der Waals surface area contributed by atoms with Crippen LogP contribution < -0.4 is 5.32 Å². The Morgan fingerprint density at radius 1 is 1.03 bits per heavy atom. The van der Waals surface area contributed by atoms with Gasteiger partial charge in [-0.15, -0.1) is 0 Å². The topological polar surface area (TPSA) is 90.3 Å². The second-order valence-corrected chi connectivity index (χ2v) is 6.95. The lowest BCUT2D eigenvalue weighted by molar-refractivity contribution is -0.136. The first-order valence-electron chi connectivity index (χ1n) is 9.72. The van der Waals surface area contributed by atoms with Crippen molar-refractivity contribution in [3.63, 3.8) is 0 Å². The molecule has 1 aromatic heterocycles. The number of esters is 1. The fourth-order valence-electron chi connectivity index (χ4n) is 3.08. The van der Waals surface area contributed by atoms with Gasteiger partial charge in [0.05, 0.1) is 11.4 Å². The van der Waals surface area contributed by atoms with Gasteiger partial charge < -0.3 is 10.1 Å². The van der Waals surface area contributed by atoms with E-state index in [2.05, 4.69) is 10.4 Å². The van der Waals surface area contributed by atoms with Crippen LogP contribution in [0.4, 0.5) is 5.69 Å². The summed E-state index contributed by atoms with van der Waals surface area (Å²) in [5, 5.41) is 7.15. The Morgan fingerprint density at radius 3 is 2.35 bits per heavy atom. The first kappa shape index (κ1) is 21.7. The fourth-order valence-corrected chi connectivity index (χ4v) is 3.08. The summed E-state index contributed by atoms with van der Waals surface area (Å²) in [5.41, 5.74) is 4.40. The molecule has 0 atom stereocenters. The maximum atomic E-state index is 12.2. The number of carbonyl (C=O) groups is 3. The number of rotatable bonds is 7. The maximum Gasteiger partial charge on any atom is 0.331 e. The molecule has 0 fully saturated rings. The van der Waals surface area contributed by atoms with E-state index in [1.807, 2.05) is 48.9 Å². The van der Waals surface area contributed by atoms with Gasteiger partial charge in [-0.2, -0.15) is 5.10 Å². The number of carbonyl (C=O) groups excluding carboxylic acids is 3. The second-order valence-electron chi connectivity index (χ2n) is 6.95. The van der Waals surface area contributed by atoms with E-state index >= 15 is 0 Å². The van der Waals surface area contributed by atoms with E-state index in [-0.39, 0.29) is 18.3 Å². The van der Waals surface area contributed by atoms with Crippen molar-refractivity contribution in [3.05, 3.63) is 83.2 Å². The summed E-state index contributed by atoms with van der Waals surface area (Å²) in [6.45, 7) is 4.82. The molecule has 0 saturated heterocycles. The number of Topliss-reactive ketones (excluding diaryl/α,β-unsaturated/α-hetero) is 1. The van der Waals surface area contributed by atoms with Crippen molar-refractivity contribution in [2.75, 3.05) is 11.9 Å². The van der Waals surface area contributed by atoms with Crippen LogP contribution in [-0.2, 0) is 14.3 Å². The molecular formula is C24H23N3O4. The van der Waals surface area contributed by atoms with Crippen LogP contribution >= 0.6 is 0 Å². The predicted molar refractivity (Wildman–Crippen MR) is 118 cm³/mol. The van der Waals surface area contributed by atoms with Crippen LogP contribution in [0.25, 0.3) is 11.8 Å². The zero-order chi connectivity index (χ0) is 22.4. The van der Waals surface area contributed by atoms with Crippen LogP contribution in [0.5, 0.6) is 0 Å². The fraction of sp³-hybridized carbons (Fsp3) is 0.167. The van der Waals surface area contributed by atoms with Crippen molar-refractivity contribution >= 4 is 29.4 Å². The van der Waals surface area contributed by atoms with E-state index in [1.165, 1.54) is 13.0 Å². The Balaban J connectivity index is 1.60. The number of amides is 1. The lowest BCUT2D eigenvalue weighted by atomic mass is 10.1. The molecule has 0 aliphatic rings. The number of hydrogen-bond acceptors (Lipinski definition) is 5. The molecule has 0 bridgehead atoms. The van der Waals surface area contributed by atoms with Gasteiger partial charge in [0.2, 0.25) is 5.91 Å². The van der Waals surface area contributed by atoms with Crippen LogP contribution in [0, 0.1) is 13.8 Å². The Bertz CT molecular complexity index is 1130. The van der Waals surface area contributed by atoms with Gasteiger partial charge in [-0.1, -0.05) is 18.2 Å². The van der Waals surface area contributed by atoms with Gasteiger partial charge in [0, 0.05) is 35.5 Å². The summed E-state index contributed by atoms with van der Waals surface area (Å²) in [5.74, 6) is -1.14. The largest absolute Gasteiger partial charge is 0.454 e. The third-order valence-electron chi connectivity index (χ3n) is 4.61.